The number of nitrogens with zero attached hydrogens (tertiary/aromatic N) is 4. The minimum atomic E-state index is -0.339. The minimum absolute atomic E-state index is 0.115. The average Bonchev–Trinajstić information content (AvgIpc) is 3.30. The first-order valence-corrected chi connectivity index (χ1v) is 11.1. The number of nitrogens with one attached hydrogen (secondary N) is 1. The molecule has 1 N–H and O–H groups in total. The van der Waals surface area contributed by atoms with E-state index in [0.29, 0.717) is 16.9 Å². The monoisotopic (exact) mass is 431 g/mol. The molecule has 2 heterocycles. The number of thiazole rings is 1. The second-order valence-electron chi connectivity index (χ2n) is 7.01. The third-order valence-corrected chi connectivity index (χ3v) is 6.00. The fourth-order valence-corrected chi connectivity index (χ4v) is 4.34. The third-order valence-electron chi connectivity index (χ3n) is 4.25. The van der Waals surface area contributed by atoms with Crippen LogP contribution < -0.4 is 10.1 Å². The van der Waals surface area contributed by atoms with Gasteiger partial charge in [-0.2, -0.15) is 0 Å². The number of amides is 1. The number of carbonyl (C=O) groups is 1. The number of hydrogen-bond donors (Lipinski definition) is 1. The minimum Gasteiger partial charge on any atom is -0.485 e. The molecule has 9 heteroatoms. The Labute approximate surface area is 178 Å². The summed E-state index contributed by atoms with van der Waals surface area (Å²) in [5.41, 5.74) is 2.28. The second-order valence-corrected chi connectivity index (χ2v) is 9.21. The molecule has 2 aromatic heterocycles. The van der Waals surface area contributed by atoms with E-state index in [-0.39, 0.29) is 17.2 Å². The Morgan fingerprint density at radius 3 is 2.72 bits per heavy atom. The van der Waals surface area contributed by atoms with Gasteiger partial charge in [0, 0.05) is 17.6 Å². The maximum Gasteiger partial charge on any atom is 0.239 e. The maximum absolute atomic E-state index is 12.4. The van der Waals surface area contributed by atoms with Crippen LogP contribution in [0.3, 0.4) is 0 Å². The number of aryl methyl sites for hydroxylation is 2. The number of hydrogen-bond acceptors (Lipinski definition) is 7. The molecule has 1 unspecified atom stereocenters. The highest BCUT2D eigenvalue weighted by atomic mass is 32.2. The molecule has 0 bridgehead atoms. The Bertz CT molecular complexity index is 969. The summed E-state index contributed by atoms with van der Waals surface area (Å²) in [6, 6.07) is 6.23. The van der Waals surface area contributed by atoms with Crippen molar-refractivity contribution in [2.75, 3.05) is 5.32 Å². The first-order chi connectivity index (χ1) is 13.8. The van der Waals surface area contributed by atoms with Crippen molar-refractivity contribution < 1.29 is 9.53 Å². The van der Waals surface area contributed by atoms with Gasteiger partial charge >= 0.3 is 0 Å². The standard InChI is InChI=1S/C20H25N5O2S2/c1-12(2)25-17(11-27-16-7-6-13(3)10-14(16)4)23-24-20(25)29-15(5)18(26)22-19-21-8-9-28-19/h6-10,12,15H,11H2,1-5H3,(H,21,22,26). The zero-order valence-electron chi connectivity index (χ0n) is 17.2. The number of thioether (sulfide) groups is 1. The van der Waals surface area contributed by atoms with Gasteiger partial charge in [0.25, 0.3) is 0 Å². The molecule has 1 aromatic carbocycles. The van der Waals surface area contributed by atoms with Crippen LogP contribution in [-0.2, 0) is 11.4 Å². The Kier molecular flexibility index (Phi) is 6.92. The third kappa shape index (κ3) is 5.36. The zero-order chi connectivity index (χ0) is 21.0. The van der Waals surface area contributed by atoms with Crippen molar-refractivity contribution in [1.82, 2.24) is 19.7 Å². The molecule has 0 spiro atoms. The zero-order valence-corrected chi connectivity index (χ0v) is 18.8. The maximum atomic E-state index is 12.4. The van der Waals surface area contributed by atoms with Crippen LogP contribution in [0, 0.1) is 13.8 Å². The van der Waals surface area contributed by atoms with E-state index in [1.54, 1.807) is 6.20 Å². The van der Waals surface area contributed by atoms with Crippen molar-refractivity contribution in [1.29, 1.82) is 0 Å². The van der Waals surface area contributed by atoms with E-state index in [1.807, 2.05) is 35.9 Å². The van der Waals surface area contributed by atoms with Gasteiger partial charge in [0.1, 0.15) is 12.4 Å². The summed E-state index contributed by atoms with van der Waals surface area (Å²) in [4.78, 5) is 16.5. The Hall–Kier alpha value is -2.39. The predicted octanol–water partition coefficient (Wildman–Crippen LogP) is 4.63. The molecule has 29 heavy (non-hydrogen) atoms. The molecule has 3 aromatic rings. The average molecular weight is 432 g/mol. The van der Waals surface area contributed by atoms with E-state index in [4.69, 9.17) is 4.74 Å². The first-order valence-electron chi connectivity index (χ1n) is 9.36. The summed E-state index contributed by atoms with van der Waals surface area (Å²) < 4.78 is 8.00. The molecule has 1 amide bonds. The number of carbonyl (C=O) groups excluding carboxylic acids is 1. The van der Waals surface area contributed by atoms with Crippen LogP contribution >= 0.6 is 23.1 Å². The second kappa shape index (κ2) is 9.41. The van der Waals surface area contributed by atoms with E-state index in [2.05, 4.69) is 47.3 Å². The van der Waals surface area contributed by atoms with Crippen LogP contribution in [0.15, 0.2) is 34.9 Å². The van der Waals surface area contributed by atoms with Gasteiger partial charge in [-0.05, 0) is 46.2 Å². The van der Waals surface area contributed by atoms with Gasteiger partial charge in [-0.25, -0.2) is 4.98 Å². The fraction of sp³-hybridized carbons (Fsp3) is 0.400. The van der Waals surface area contributed by atoms with Crippen LogP contribution in [-0.4, -0.2) is 30.9 Å². The number of aromatic nitrogens is 4. The Morgan fingerprint density at radius 1 is 1.28 bits per heavy atom. The van der Waals surface area contributed by atoms with E-state index in [9.17, 15) is 4.79 Å². The normalized spacial score (nSPS) is 12.2. The Morgan fingerprint density at radius 2 is 2.07 bits per heavy atom. The SMILES string of the molecule is Cc1ccc(OCc2nnc(SC(C)C(=O)Nc3nccs3)n2C(C)C)c(C)c1. The lowest BCUT2D eigenvalue weighted by Crippen LogP contribution is -2.23. The van der Waals surface area contributed by atoms with Crippen molar-refractivity contribution in [3.05, 3.63) is 46.7 Å². The predicted molar refractivity (Wildman–Crippen MR) is 117 cm³/mol. The van der Waals surface area contributed by atoms with Crippen LogP contribution in [0.2, 0.25) is 0 Å². The van der Waals surface area contributed by atoms with Gasteiger partial charge in [-0.3, -0.25) is 4.79 Å². The van der Waals surface area contributed by atoms with Crippen LogP contribution in [0.25, 0.3) is 0 Å². The fourth-order valence-electron chi connectivity index (χ4n) is 2.81. The molecule has 0 aliphatic carbocycles. The van der Waals surface area contributed by atoms with Crippen molar-refractivity contribution >= 4 is 34.1 Å². The van der Waals surface area contributed by atoms with Crippen molar-refractivity contribution in [2.24, 2.45) is 0 Å². The molecule has 0 aliphatic heterocycles. The molecule has 0 fully saturated rings. The van der Waals surface area contributed by atoms with Crippen molar-refractivity contribution in [3.8, 4) is 5.75 Å². The topological polar surface area (TPSA) is 81.9 Å². The number of benzene rings is 1. The van der Waals surface area contributed by atoms with Gasteiger partial charge in [0.05, 0.1) is 5.25 Å². The molecule has 3 rings (SSSR count). The van der Waals surface area contributed by atoms with E-state index in [0.717, 1.165) is 17.1 Å². The van der Waals surface area contributed by atoms with Gasteiger partial charge in [0.2, 0.25) is 5.91 Å². The van der Waals surface area contributed by atoms with E-state index in [1.165, 1.54) is 28.7 Å². The van der Waals surface area contributed by atoms with Gasteiger partial charge < -0.3 is 14.6 Å². The van der Waals surface area contributed by atoms with Gasteiger partial charge in [-0.15, -0.1) is 21.5 Å². The number of anilines is 1. The summed E-state index contributed by atoms with van der Waals surface area (Å²) in [5, 5.41) is 14.2. The van der Waals surface area contributed by atoms with Crippen LogP contribution in [0.5, 0.6) is 5.75 Å². The first kappa shape index (κ1) is 21.3. The summed E-state index contributed by atoms with van der Waals surface area (Å²) in [6.07, 6.45) is 1.66. The highest BCUT2D eigenvalue weighted by Gasteiger charge is 2.22. The van der Waals surface area contributed by atoms with Crippen LogP contribution in [0.1, 0.15) is 43.8 Å². The molecule has 0 radical (unpaired) electrons. The Balaban J connectivity index is 1.70. The largest absolute Gasteiger partial charge is 0.485 e. The lowest BCUT2D eigenvalue weighted by molar-refractivity contribution is -0.115. The molecule has 154 valence electrons. The quantitative estimate of drug-likeness (QED) is 0.524. The molecule has 0 saturated heterocycles. The van der Waals surface area contributed by atoms with E-state index < -0.39 is 0 Å². The van der Waals surface area contributed by atoms with Crippen molar-refractivity contribution in [3.63, 3.8) is 0 Å². The molecule has 0 saturated carbocycles. The lowest BCUT2D eigenvalue weighted by atomic mass is 10.1. The summed E-state index contributed by atoms with van der Waals surface area (Å²) in [5.74, 6) is 1.45. The number of rotatable bonds is 8. The summed E-state index contributed by atoms with van der Waals surface area (Å²) in [7, 11) is 0. The molecule has 1 atom stereocenters. The van der Waals surface area contributed by atoms with Crippen LogP contribution in [0.4, 0.5) is 5.13 Å². The summed E-state index contributed by atoms with van der Waals surface area (Å²) in [6.45, 7) is 10.4. The van der Waals surface area contributed by atoms with Gasteiger partial charge in [0.15, 0.2) is 16.1 Å². The molecular weight excluding hydrogens is 406 g/mol. The van der Waals surface area contributed by atoms with Gasteiger partial charge in [-0.1, -0.05) is 29.5 Å². The molecular formula is C20H25N5O2S2. The van der Waals surface area contributed by atoms with E-state index >= 15 is 0 Å². The molecule has 7 nitrogen and oxygen atoms in total. The highest BCUT2D eigenvalue weighted by molar-refractivity contribution is 8.00. The summed E-state index contributed by atoms with van der Waals surface area (Å²) >= 11 is 2.77. The smallest absolute Gasteiger partial charge is 0.239 e. The van der Waals surface area contributed by atoms with Crippen molar-refractivity contribution in [2.45, 2.75) is 57.7 Å². The number of ether oxygens (including phenoxy) is 1. The lowest BCUT2D eigenvalue weighted by Gasteiger charge is -2.16. The highest BCUT2D eigenvalue weighted by Crippen LogP contribution is 2.27. The molecule has 0 aliphatic rings.